The van der Waals surface area contributed by atoms with Crippen LogP contribution in [0.2, 0.25) is 0 Å². The van der Waals surface area contributed by atoms with E-state index in [0.29, 0.717) is 16.7 Å². The number of benzene rings is 3. The summed E-state index contributed by atoms with van der Waals surface area (Å²) in [6.07, 6.45) is -48.7. The Morgan fingerprint density at radius 1 is 0.384 bits per heavy atom. The summed E-state index contributed by atoms with van der Waals surface area (Å²) in [5.41, 5.74) is 1.74. The second-order valence-electron chi connectivity index (χ2n) is 27.2. The van der Waals surface area contributed by atoms with Crippen molar-refractivity contribution in [3.8, 4) is 22.6 Å². The zero-order chi connectivity index (χ0) is 81.2. The van der Waals surface area contributed by atoms with E-state index in [4.69, 9.17) is 71.1 Å². The fourth-order valence-corrected chi connectivity index (χ4v) is 13.1. The molecule has 0 bridgehead atoms. The first-order valence-electron chi connectivity index (χ1n) is 36.0. The molecular formula is C70H100N4O38. The number of aliphatic hydroxyl groups is 18. The molecule has 0 radical (unpaired) electrons. The Morgan fingerprint density at radius 3 is 1.18 bits per heavy atom. The Labute approximate surface area is 638 Å². The monoisotopic (exact) mass is 1600 g/mol. The predicted octanol–water partition coefficient (Wildman–Crippen LogP) is -10.3. The SMILES string of the molecule is CC(=O)NC1C(O)[C@H](O[C@@H]2OC(CO)[C@H](O)C(O[C@H]3OC(CO)[C@H](O)C(O)C3O)C2O)C(CO)O[C@H]1OCCCNC(=O)COc1cc(C(=O)OCc2ccccc2)cc(-c2ccc(OCC(=O)NCCCO[C@@H]3OC(CO)[C@@H](O[C@@H]4OC(CO)[C@H](O)C(O[C@H]5OC(CO)[C@H](O)C(O)[C@H]5O)C4O)C(O)C3NC(C)=O)cc2)c1. The van der Waals surface area contributed by atoms with Gasteiger partial charge >= 0.3 is 5.97 Å². The van der Waals surface area contributed by atoms with Crippen molar-refractivity contribution in [1.82, 2.24) is 21.3 Å². The average molecular weight is 1610 g/mol. The van der Waals surface area contributed by atoms with Crippen molar-refractivity contribution in [2.24, 2.45) is 0 Å². The highest BCUT2D eigenvalue weighted by Crippen LogP contribution is 2.37. The molecular weight excluding hydrogens is 1500 g/mol. The van der Waals surface area contributed by atoms with Crippen molar-refractivity contribution in [2.75, 3.05) is 79.2 Å². The lowest BCUT2D eigenvalue weighted by molar-refractivity contribution is -0.376. The highest BCUT2D eigenvalue weighted by Gasteiger charge is 2.57. The second kappa shape index (κ2) is 42.3. The third-order valence-corrected chi connectivity index (χ3v) is 19.1. The van der Waals surface area contributed by atoms with Crippen molar-refractivity contribution < 1.29 is 187 Å². The predicted molar refractivity (Wildman–Crippen MR) is 367 cm³/mol. The minimum atomic E-state index is -2.03. The first kappa shape index (κ1) is 89.3. The molecule has 17 unspecified atom stereocenters. The topological polar surface area (TPSA) is 636 Å². The van der Waals surface area contributed by atoms with Crippen LogP contribution < -0.4 is 30.7 Å². The smallest absolute Gasteiger partial charge is 0.338 e. The fourth-order valence-electron chi connectivity index (χ4n) is 13.1. The summed E-state index contributed by atoms with van der Waals surface area (Å²) < 4.78 is 85.9. The molecule has 3 aromatic carbocycles. The summed E-state index contributed by atoms with van der Waals surface area (Å²) in [4.78, 5) is 64.7. The zero-order valence-electron chi connectivity index (χ0n) is 60.6. The molecule has 6 aliphatic rings. The molecule has 4 amide bonds. The molecule has 0 aromatic heterocycles. The largest absolute Gasteiger partial charge is 0.484 e. The van der Waals surface area contributed by atoms with Gasteiger partial charge in [-0.25, -0.2) is 4.79 Å². The maximum absolute atomic E-state index is 13.6. The minimum absolute atomic E-state index is 0.0162. The Balaban J connectivity index is 0.739. The van der Waals surface area contributed by atoms with E-state index in [-0.39, 0.29) is 62.8 Å². The van der Waals surface area contributed by atoms with Gasteiger partial charge in [-0.05, 0) is 59.9 Å². The Bertz CT molecular complexity index is 3430. The molecule has 6 fully saturated rings. The Hall–Kier alpha value is -6.59. The lowest BCUT2D eigenvalue weighted by atomic mass is 9.95. The van der Waals surface area contributed by atoms with Crippen molar-refractivity contribution in [3.63, 3.8) is 0 Å². The first-order valence-corrected chi connectivity index (χ1v) is 36.0. The number of carbonyl (C=O) groups is 5. The molecule has 9 rings (SSSR count). The minimum Gasteiger partial charge on any atom is -0.484 e. The number of ether oxygens (including phenoxy) is 15. The third kappa shape index (κ3) is 22.7. The number of hydrogen-bond acceptors (Lipinski definition) is 38. The molecule has 0 spiro atoms. The van der Waals surface area contributed by atoms with Crippen molar-refractivity contribution >= 4 is 29.6 Å². The van der Waals surface area contributed by atoms with Crippen LogP contribution in [0.15, 0.2) is 72.8 Å². The quantitative estimate of drug-likeness (QED) is 0.0190. The van der Waals surface area contributed by atoms with Gasteiger partial charge in [-0.15, -0.1) is 0 Å². The Kier molecular flexibility index (Phi) is 33.8. The van der Waals surface area contributed by atoms with Gasteiger partial charge in [0.1, 0.15) is 164 Å². The highest BCUT2D eigenvalue weighted by atomic mass is 16.8. The van der Waals surface area contributed by atoms with Gasteiger partial charge in [0.15, 0.2) is 51.0 Å². The van der Waals surface area contributed by atoms with E-state index in [2.05, 4.69) is 21.3 Å². The molecule has 42 heteroatoms. The van der Waals surface area contributed by atoms with Crippen LogP contribution in [-0.2, 0) is 87.4 Å². The molecule has 0 aliphatic carbocycles. The van der Waals surface area contributed by atoms with E-state index in [9.17, 15) is 116 Å². The summed E-state index contributed by atoms with van der Waals surface area (Å²) >= 11 is 0. The summed E-state index contributed by atoms with van der Waals surface area (Å²) in [7, 11) is 0. The fraction of sp³-hybridized carbons (Fsp3) is 0.671. The van der Waals surface area contributed by atoms with E-state index in [1.165, 1.54) is 6.07 Å². The normalized spacial score (nSPS) is 36.2. The second-order valence-corrected chi connectivity index (χ2v) is 27.2. The molecule has 112 heavy (non-hydrogen) atoms. The molecule has 6 saturated heterocycles. The van der Waals surface area contributed by atoms with Crippen LogP contribution in [0, 0.1) is 0 Å². The zero-order valence-corrected chi connectivity index (χ0v) is 60.6. The van der Waals surface area contributed by atoms with Gasteiger partial charge in [0.2, 0.25) is 11.8 Å². The number of aliphatic hydroxyl groups excluding tert-OH is 18. The van der Waals surface area contributed by atoms with E-state index in [0.717, 1.165) is 13.8 Å². The van der Waals surface area contributed by atoms with Gasteiger partial charge in [-0.3, -0.25) is 19.2 Å². The number of carbonyl (C=O) groups excluding carboxylic acids is 5. The molecule has 3 aromatic rings. The average Bonchev–Trinajstić information content (AvgIpc) is 0.784. The van der Waals surface area contributed by atoms with Gasteiger partial charge in [0.05, 0.1) is 58.4 Å². The standard InChI is InChI=1S/C70H100N4O38/c1-30(81)73-46-52(89)60(109-69-58(95)62(50(87)40(23-77)105-69)111-67-56(93)54(91)48(85)38(21-75)103-67)42(25-79)107-65(46)98-16-6-14-71-44(83)28-100-36-12-10-33(11-13-36)34-18-35(64(97)102-27-32-8-4-3-5-9-32)20-37(19-34)101-29-45(84)72-15-7-17-99-66-47(74-31(2)82)53(90)61(43(26-80)108-66)110-70-59(96)63(51(88)41(24-78)106-70)112-68-57(94)55(92)49(86)39(22-76)104-68/h3-5,8-13,18-20,38-43,46-63,65-70,75-80,85-96H,6-7,14-17,21-29H2,1-2H3,(H,71,83)(H,72,84)(H,73,81)(H,74,82)/t38?,39?,40?,41?,42?,43?,46?,47?,48-,49-,50-,51-,52?,53?,54?,55?,56+,57?,58?,59?,60+,61+,62?,63?,65+,66+,67+,68+,69-,70-/m0/s1. The summed E-state index contributed by atoms with van der Waals surface area (Å²) in [6.45, 7) is -4.36. The molecule has 22 N–H and O–H groups in total. The van der Waals surface area contributed by atoms with Gasteiger partial charge in [0, 0.05) is 26.9 Å². The maximum Gasteiger partial charge on any atom is 0.338 e. The van der Waals surface area contributed by atoms with Crippen LogP contribution in [0.25, 0.3) is 11.1 Å². The lowest BCUT2D eigenvalue weighted by Crippen LogP contribution is -2.68. The van der Waals surface area contributed by atoms with Crippen LogP contribution in [0.3, 0.4) is 0 Å². The molecule has 42 nitrogen and oxygen atoms in total. The van der Waals surface area contributed by atoms with E-state index >= 15 is 0 Å². The van der Waals surface area contributed by atoms with Crippen molar-refractivity contribution in [3.05, 3.63) is 83.9 Å². The van der Waals surface area contributed by atoms with Crippen molar-refractivity contribution in [1.29, 1.82) is 0 Å². The molecule has 0 saturated carbocycles. The van der Waals surface area contributed by atoms with Gasteiger partial charge in [-0.2, -0.15) is 0 Å². The van der Waals surface area contributed by atoms with Crippen LogP contribution in [0.1, 0.15) is 42.6 Å². The molecule has 30 atom stereocenters. The summed E-state index contributed by atoms with van der Waals surface area (Å²) in [6, 6.07) is 16.9. The summed E-state index contributed by atoms with van der Waals surface area (Å²) in [5, 5.41) is 201. The molecule has 628 valence electrons. The Morgan fingerprint density at radius 2 is 0.768 bits per heavy atom. The number of rotatable bonds is 36. The molecule has 6 heterocycles. The molecule has 6 aliphatic heterocycles. The number of hydrogen-bond donors (Lipinski definition) is 22. The van der Waals surface area contributed by atoms with Gasteiger partial charge in [-0.1, -0.05) is 42.5 Å². The third-order valence-electron chi connectivity index (χ3n) is 19.1. The van der Waals surface area contributed by atoms with E-state index < -0.39 is 267 Å². The lowest BCUT2D eigenvalue weighted by Gasteiger charge is -2.48. The highest BCUT2D eigenvalue weighted by molar-refractivity contribution is 5.92. The number of amides is 4. The summed E-state index contributed by atoms with van der Waals surface area (Å²) in [5.74, 6) is -2.89. The maximum atomic E-state index is 13.6. The van der Waals surface area contributed by atoms with E-state index in [1.807, 2.05) is 0 Å². The van der Waals surface area contributed by atoms with Gasteiger partial charge < -0.3 is 184 Å². The van der Waals surface area contributed by atoms with Crippen LogP contribution in [-0.4, -0.2) is 385 Å². The van der Waals surface area contributed by atoms with E-state index in [1.54, 1.807) is 66.7 Å². The van der Waals surface area contributed by atoms with Gasteiger partial charge in [0.25, 0.3) is 11.8 Å². The van der Waals surface area contributed by atoms with Crippen LogP contribution in [0.5, 0.6) is 11.5 Å². The van der Waals surface area contributed by atoms with Crippen molar-refractivity contribution in [2.45, 2.75) is 217 Å². The first-order chi connectivity index (χ1) is 53.6. The van der Waals surface area contributed by atoms with Crippen LogP contribution in [0.4, 0.5) is 0 Å². The number of esters is 1. The van der Waals surface area contributed by atoms with Crippen LogP contribution >= 0.6 is 0 Å². The number of nitrogens with one attached hydrogen (secondary N) is 4.